The number of H-pyrrole nitrogens is 2. The van der Waals surface area contributed by atoms with E-state index in [0.717, 1.165) is 29.1 Å². The number of hydrogen-bond donors (Lipinski definition) is 2. The largest absolute Gasteiger partial charge is 0.360 e. The fourth-order valence-electron chi connectivity index (χ4n) is 6.16. The van der Waals surface area contributed by atoms with E-state index < -0.39 is 0 Å². The Hall–Kier alpha value is -1.77. The summed E-state index contributed by atoms with van der Waals surface area (Å²) in [4.78, 5) is 12.2. The van der Waals surface area contributed by atoms with Gasteiger partial charge >= 0.3 is 0 Å². The zero-order chi connectivity index (χ0) is 17.0. The number of nitrogens with one attached hydrogen (secondary N) is 2. The topological polar surface area (TPSA) is 43.9 Å². The molecule has 0 atom stereocenters. The standard InChI is InChI=1S/C22H29N3/c1-14(2)19-9-18(25-21(19)20-4-3-5-23-20)13-24-22-10-15-6-16(11-22)8-17(7-15)12-22/h3-5,9,13-17,23,25H,6-8,10-12H2,1-2H3. The predicted octanol–water partition coefficient (Wildman–Crippen LogP) is 5.52. The predicted molar refractivity (Wildman–Crippen MR) is 103 cm³/mol. The second-order valence-electron chi connectivity index (χ2n) is 9.19. The van der Waals surface area contributed by atoms with E-state index in [1.165, 1.54) is 49.8 Å². The van der Waals surface area contributed by atoms with Gasteiger partial charge in [-0.05, 0) is 86.0 Å². The smallest absolute Gasteiger partial charge is 0.0659 e. The van der Waals surface area contributed by atoms with Crippen LogP contribution in [0.15, 0.2) is 29.4 Å². The first-order valence-electron chi connectivity index (χ1n) is 10.0. The van der Waals surface area contributed by atoms with E-state index in [1.54, 1.807) is 0 Å². The molecule has 25 heavy (non-hydrogen) atoms. The number of hydrogen-bond acceptors (Lipinski definition) is 1. The van der Waals surface area contributed by atoms with E-state index in [-0.39, 0.29) is 5.54 Å². The average Bonchev–Trinajstić information content (AvgIpc) is 3.21. The molecule has 0 spiro atoms. The van der Waals surface area contributed by atoms with Crippen molar-refractivity contribution >= 4 is 6.21 Å². The normalized spacial score (nSPS) is 33.8. The number of aliphatic imine (C=N–C) groups is 1. The second-order valence-corrected chi connectivity index (χ2v) is 9.19. The van der Waals surface area contributed by atoms with Crippen molar-refractivity contribution in [2.75, 3.05) is 0 Å². The van der Waals surface area contributed by atoms with Crippen molar-refractivity contribution in [2.45, 2.75) is 63.8 Å². The van der Waals surface area contributed by atoms with Crippen molar-refractivity contribution in [3.8, 4) is 11.4 Å². The highest BCUT2D eigenvalue weighted by Crippen LogP contribution is 2.57. The summed E-state index contributed by atoms with van der Waals surface area (Å²) >= 11 is 0. The van der Waals surface area contributed by atoms with Crippen LogP contribution in [0.2, 0.25) is 0 Å². The van der Waals surface area contributed by atoms with Gasteiger partial charge in [-0.2, -0.15) is 0 Å². The van der Waals surface area contributed by atoms with Crippen LogP contribution < -0.4 is 0 Å². The molecule has 0 aliphatic heterocycles. The molecule has 0 unspecified atom stereocenters. The molecule has 4 bridgehead atoms. The van der Waals surface area contributed by atoms with Crippen molar-refractivity contribution in [3.05, 3.63) is 35.7 Å². The first kappa shape index (κ1) is 15.5. The second kappa shape index (κ2) is 5.62. The molecule has 4 aliphatic carbocycles. The van der Waals surface area contributed by atoms with Crippen molar-refractivity contribution < 1.29 is 0 Å². The maximum absolute atomic E-state index is 5.21. The zero-order valence-corrected chi connectivity index (χ0v) is 15.4. The third-order valence-corrected chi connectivity index (χ3v) is 6.84. The Labute approximate surface area is 150 Å². The highest BCUT2D eigenvalue weighted by Gasteiger charge is 2.50. The van der Waals surface area contributed by atoms with Crippen LogP contribution in [-0.2, 0) is 0 Å². The molecule has 3 nitrogen and oxygen atoms in total. The lowest BCUT2D eigenvalue weighted by atomic mass is 9.53. The molecule has 132 valence electrons. The molecule has 4 saturated carbocycles. The third-order valence-electron chi connectivity index (χ3n) is 6.84. The Morgan fingerprint density at radius 3 is 2.36 bits per heavy atom. The van der Waals surface area contributed by atoms with Crippen LogP contribution in [0, 0.1) is 17.8 Å². The molecule has 2 heterocycles. The zero-order valence-electron chi connectivity index (χ0n) is 15.4. The molecule has 3 heteroatoms. The summed E-state index contributed by atoms with van der Waals surface area (Å²) in [7, 11) is 0. The summed E-state index contributed by atoms with van der Waals surface area (Å²) in [5.74, 6) is 3.35. The van der Waals surface area contributed by atoms with Gasteiger partial charge in [-0.15, -0.1) is 0 Å². The fraction of sp³-hybridized carbons (Fsp3) is 0.591. The van der Waals surface area contributed by atoms with Gasteiger partial charge in [-0.1, -0.05) is 13.8 Å². The van der Waals surface area contributed by atoms with Crippen LogP contribution in [0.1, 0.15) is 69.5 Å². The van der Waals surface area contributed by atoms with Crippen LogP contribution in [0.25, 0.3) is 11.4 Å². The Balaban J connectivity index is 1.44. The van der Waals surface area contributed by atoms with E-state index in [4.69, 9.17) is 4.99 Å². The van der Waals surface area contributed by atoms with Crippen LogP contribution in [0.3, 0.4) is 0 Å². The lowest BCUT2D eigenvalue weighted by Crippen LogP contribution is -2.49. The van der Waals surface area contributed by atoms with Crippen molar-refractivity contribution in [1.82, 2.24) is 9.97 Å². The molecule has 4 fully saturated rings. The molecule has 2 N–H and O–H groups in total. The molecular weight excluding hydrogens is 306 g/mol. The van der Waals surface area contributed by atoms with E-state index in [1.807, 2.05) is 6.20 Å². The molecule has 2 aromatic rings. The number of rotatable bonds is 4. The average molecular weight is 335 g/mol. The summed E-state index contributed by atoms with van der Waals surface area (Å²) in [5, 5.41) is 0. The lowest BCUT2D eigenvalue weighted by Gasteiger charge is -2.54. The maximum Gasteiger partial charge on any atom is 0.0659 e. The van der Waals surface area contributed by atoms with Gasteiger partial charge in [0, 0.05) is 12.4 Å². The SMILES string of the molecule is CC(C)c1cc(C=NC23CC4CC(CC(C4)C2)C3)[nH]c1-c1ccc[nH]1. The van der Waals surface area contributed by atoms with Crippen molar-refractivity contribution in [3.63, 3.8) is 0 Å². The van der Waals surface area contributed by atoms with E-state index >= 15 is 0 Å². The van der Waals surface area contributed by atoms with Crippen LogP contribution in [0.5, 0.6) is 0 Å². The van der Waals surface area contributed by atoms with Gasteiger partial charge in [-0.25, -0.2) is 0 Å². The maximum atomic E-state index is 5.21. The van der Waals surface area contributed by atoms with E-state index in [2.05, 4.69) is 48.2 Å². The minimum absolute atomic E-state index is 0.254. The van der Waals surface area contributed by atoms with Gasteiger partial charge in [-0.3, -0.25) is 4.99 Å². The quantitative estimate of drug-likeness (QED) is 0.691. The Morgan fingerprint density at radius 1 is 1.12 bits per heavy atom. The minimum Gasteiger partial charge on any atom is -0.360 e. The van der Waals surface area contributed by atoms with Gasteiger partial charge < -0.3 is 9.97 Å². The van der Waals surface area contributed by atoms with Gasteiger partial charge in [0.15, 0.2) is 0 Å². The van der Waals surface area contributed by atoms with Gasteiger partial charge in [0.25, 0.3) is 0 Å². The van der Waals surface area contributed by atoms with Gasteiger partial charge in [0.05, 0.1) is 22.6 Å². The first-order chi connectivity index (χ1) is 12.1. The van der Waals surface area contributed by atoms with E-state index in [9.17, 15) is 0 Å². The number of aromatic nitrogens is 2. The van der Waals surface area contributed by atoms with Gasteiger partial charge in [0.2, 0.25) is 0 Å². The minimum atomic E-state index is 0.254. The molecular formula is C22H29N3. The fourth-order valence-corrected chi connectivity index (χ4v) is 6.16. The number of aromatic amines is 2. The summed E-state index contributed by atoms with van der Waals surface area (Å²) in [6.07, 6.45) is 12.6. The molecule has 2 aromatic heterocycles. The highest BCUT2D eigenvalue weighted by atomic mass is 14.9. The Bertz CT molecular complexity index is 743. The highest BCUT2D eigenvalue weighted by molar-refractivity contribution is 5.81. The van der Waals surface area contributed by atoms with Crippen LogP contribution >= 0.6 is 0 Å². The monoisotopic (exact) mass is 335 g/mol. The Morgan fingerprint density at radius 2 is 1.80 bits per heavy atom. The molecule has 0 amide bonds. The molecule has 4 aliphatic rings. The first-order valence-corrected chi connectivity index (χ1v) is 10.0. The molecule has 0 radical (unpaired) electrons. The summed E-state index contributed by atoms with van der Waals surface area (Å²) < 4.78 is 0. The molecule has 6 rings (SSSR count). The van der Waals surface area contributed by atoms with Gasteiger partial charge in [0.1, 0.15) is 0 Å². The number of nitrogens with zero attached hydrogens (tertiary/aromatic N) is 1. The van der Waals surface area contributed by atoms with Crippen LogP contribution in [0.4, 0.5) is 0 Å². The Kier molecular flexibility index (Phi) is 3.48. The summed E-state index contributed by atoms with van der Waals surface area (Å²) in [5.41, 5.74) is 5.16. The summed E-state index contributed by atoms with van der Waals surface area (Å²) in [6.45, 7) is 4.52. The lowest BCUT2D eigenvalue weighted by molar-refractivity contribution is 0.00194. The van der Waals surface area contributed by atoms with E-state index in [0.29, 0.717) is 5.92 Å². The van der Waals surface area contributed by atoms with Crippen molar-refractivity contribution in [1.29, 1.82) is 0 Å². The molecule has 0 aromatic carbocycles. The van der Waals surface area contributed by atoms with Crippen LogP contribution in [-0.4, -0.2) is 21.7 Å². The molecule has 0 saturated heterocycles. The third kappa shape index (κ3) is 2.68. The van der Waals surface area contributed by atoms with Crippen molar-refractivity contribution in [2.24, 2.45) is 22.7 Å². The summed E-state index contributed by atoms with van der Waals surface area (Å²) in [6, 6.07) is 6.49.